The van der Waals surface area contributed by atoms with Crippen molar-refractivity contribution in [2.45, 2.75) is 38.5 Å². The van der Waals surface area contributed by atoms with Gasteiger partial charge in [-0.15, -0.1) is 11.3 Å². The Bertz CT molecular complexity index is 625. The Hall–Kier alpha value is -1.40. The minimum absolute atomic E-state index is 0.281. The number of ether oxygens (including phenoxy) is 2. The fourth-order valence-corrected chi connectivity index (χ4v) is 4.06. The van der Waals surface area contributed by atoms with Gasteiger partial charge in [0, 0.05) is 36.0 Å². The van der Waals surface area contributed by atoms with E-state index in [-0.39, 0.29) is 6.10 Å². The van der Waals surface area contributed by atoms with E-state index < -0.39 is 6.10 Å². The molecule has 1 aliphatic heterocycles. The normalized spacial score (nSPS) is 18.6. The first-order valence-corrected chi connectivity index (χ1v) is 9.76. The van der Waals surface area contributed by atoms with Crippen LogP contribution in [0.15, 0.2) is 42.5 Å². The first-order valence-electron chi connectivity index (χ1n) is 8.94. The van der Waals surface area contributed by atoms with Crippen LogP contribution in [0.25, 0.3) is 0 Å². The number of benzene rings is 1. The molecule has 0 amide bonds. The molecule has 2 heterocycles. The standard InChI is InChI=1S/C20H27NO3S/c1-16-9-10-20(25-16)14-21(13-19-8-5-11-23-19)12-17(22)15-24-18-6-3-2-4-7-18/h2-4,6-7,9-10,17,19,22H,5,8,11-15H2,1H3/t17-,19-/m1/s1. The summed E-state index contributed by atoms with van der Waals surface area (Å²) in [4.78, 5) is 4.94. The van der Waals surface area contributed by atoms with Crippen molar-refractivity contribution in [1.29, 1.82) is 0 Å². The third-order valence-electron chi connectivity index (χ3n) is 4.32. The maximum absolute atomic E-state index is 10.4. The number of nitrogens with zero attached hydrogens (tertiary/aromatic N) is 1. The molecule has 5 heteroatoms. The summed E-state index contributed by atoms with van der Waals surface area (Å²) in [6.07, 6.45) is 2.00. The van der Waals surface area contributed by atoms with Gasteiger partial charge in [0.25, 0.3) is 0 Å². The Morgan fingerprint density at radius 2 is 2.12 bits per heavy atom. The molecule has 1 aromatic carbocycles. The van der Waals surface area contributed by atoms with Gasteiger partial charge in [0.2, 0.25) is 0 Å². The number of aryl methyl sites for hydroxylation is 1. The summed E-state index contributed by atoms with van der Waals surface area (Å²) in [5.74, 6) is 0.793. The number of thiophene rings is 1. The van der Waals surface area contributed by atoms with Crippen molar-refractivity contribution in [3.63, 3.8) is 0 Å². The molecule has 136 valence electrons. The molecule has 1 aromatic heterocycles. The van der Waals surface area contributed by atoms with E-state index >= 15 is 0 Å². The van der Waals surface area contributed by atoms with Crippen LogP contribution < -0.4 is 4.74 Å². The zero-order chi connectivity index (χ0) is 17.5. The molecule has 0 bridgehead atoms. The van der Waals surface area contributed by atoms with Crippen LogP contribution in [0.3, 0.4) is 0 Å². The molecule has 0 saturated carbocycles. The van der Waals surface area contributed by atoms with Crippen molar-refractivity contribution in [2.75, 3.05) is 26.3 Å². The summed E-state index contributed by atoms with van der Waals surface area (Å²) in [5.41, 5.74) is 0. The lowest BCUT2D eigenvalue weighted by Gasteiger charge is -2.27. The second kappa shape index (κ2) is 9.34. The highest BCUT2D eigenvalue weighted by atomic mass is 32.1. The molecule has 0 aliphatic carbocycles. The second-order valence-electron chi connectivity index (χ2n) is 6.62. The van der Waals surface area contributed by atoms with Crippen molar-refractivity contribution in [3.05, 3.63) is 52.2 Å². The van der Waals surface area contributed by atoms with Gasteiger partial charge in [-0.1, -0.05) is 18.2 Å². The molecular weight excluding hydrogens is 334 g/mol. The van der Waals surface area contributed by atoms with Crippen LogP contribution in [-0.2, 0) is 11.3 Å². The molecule has 3 rings (SSSR count). The minimum Gasteiger partial charge on any atom is -0.491 e. The molecule has 0 radical (unpaired) electrons. The summed E-state index contributed by atoms with van der Waals surface area (Å²) < 4.78 is 11.5. The third kappa shape index (κ3) is 6.12. The Morgan fingerprint density at radius 1 is 1.28 bits per heavy atom. The fraction of sp³-hybridized carbons (Fsp3) is 0.500. The predicted octanol–water partition coefficient (Wildman–Crippen LogP) is 3.48. The Balaban J connectivity index is 1.53. The highest BCUT2D eigenvalue weighted by Gasteiger charge is 2.21. The molecule has 25 heavy (non-hydrogen) atoms. The lowest BCUT2D eigenvalue weighted by Crippen LogP contribution is -2.39. The monoisotopic (exact) mass is 361 g/mol. The topological polar surface area (TPSA) is 41.9 Å². The van der Waals surface area contributed by atoms with Crippen molar-refractivity contribution >= 4 is 11.3 Å². The van der Waals surface area contributed by atoms with E-state index in [1.54, 1.807) is 0 Å². The number of para-hydroxylation sites is 1. The number of hydrogen-bond acceptors (Lipinski definition) is 5. The molecule has 0 unspecified atom stereocenters. The van der Waals surface area contributed by atoms with Crippen molar-refractivity contribution in [1.82, 2.24) is 4.90 Å². The third-order valence-corrected chi connectivity index (χ3v) is 5.30. The van der Waals surface area contributed by atoms with Crippen LogP contribution in [0.1, 0.15) is 22.6 Å². The first kappa shape index (κ1) is 18.4. The number of aliphatic hydroxyl groups excluding tert-OH is 1. The lowest BCUT2D eigenvalue weighted by molar-refractivity contribution is 0.0317. The molecule has 0 spiro atoms. The SMILES string of the molecule is Cc1ccc(CN(C[C@@H](O)COc2ccccc2)C[C@H]2CCCO2)s1. The van der Waals surface area contributed by atoms with E-state index in [1.807, 2.05) is 41.7 Å². The van der Waals surface area contributed by atoms with Gasteiger partial charge in [-0.2, -0.15) is 0 Å². The van der Waals surface area contributed by atoms with Crippen LogP contribution in [0, 0.1) is 6.92 Å². The molecular formula is C20H27NO3S. The van der Waals surface area contributed by atoms with E-state index in [1.165, 1.54) is 9.75 Å². The summed E-state index contributed by atoms with van der Waals surface area (Å²) >= 11 is 1.82. The zero-order valence-corrected chi connectivity index (χ0v) is 15.6. The average molecular weight is 362 g/mol. The fourth-order valence-electron chi connectivity index (χ4n) is 3.13. The highest BCUT2D eigenvalue weighted by molar-refractivity contribution is 7.11. The van der Waals surface area contributed by atoms with Crippen LogP contribution in [0.4, 0.5) is 0 Å². The quantitative estimate of drug-likeness (QED) is 0.742. The zero-order valence-electron chi connectivity index (χ0n) is 14.8. The number of hydrogen-bond donors (Lipinski definition) is 1. The van der Waals surface area contributed by atoms with Crippen molar-refractivity contribution in [3.8, 4) is 5.75 Å². The second-order valence-corrected chi connectivity index (χ2v) is 7.99. The Kier molecular flexibility index (Phi) is 6.87. The summed E-state index contributed by atoms with van der Waals surface area (Å²) in [5, 5.41) is 10.4. The maximum atomic E-state index is 10.4. The van der Waals surface area contributed by atoms with Gasteiger partial charge in [-0.25, -0.2) is 0 Å². The number of aliphatic hydroxyl groups is 1. The smallest absolute Gasteiger partial charge is 0.119 e. The minimum atomic E-state index is -0.525. The Labute approximate surface area is 154 Å². The van der Waals surface area contributed by atoms with Crippen molar-refractivity contribution in [2.24, 2.45) is 0 Å². The van der Waals surface area contributed by atoms with Crippen LogP contribution in [-0.4, -0.2) is 48.5 Å². The van der Waals surface area contributed by atoms with E-state index in [0.717, 1.165) is 38.3 Å². The molecule has 2 aromatic rings. The number of rotatable bonds is 9. The van der Waals surface area contributed by atoms with Crippen LogP contribution in [0.2, 0.25) is 0 Å². The van der Waals surface area contributed by atoms with Crippen LogP contribution in [0.5, 0.6) is 5.75 Å². The van der Waals surface area contributed by atoms with E-state index in [0.29, 0.717) is 13.2 Å². The largest absolute Gasteiger partial charge is 0.491 e. The molecule has 2 atom stereocenters. The average Bonchev–Trinajstić information content (AvgIpc) is 3.26. The summed E-state index contributed by atoms with van der Waals surface area (Å²) in [7, 11) is 0. The van der Waals surface area contributed by atoms with E-state index in [2.05, 4.69) is 24.0 Å². The predicted molar refractivity (Wildman–Crippen MR) is 101 cm³/mol. The van der Waals surface area contributed by atoms with Gasteiger partial charge in [-0.3, -0.25) is 4.90 Å². The van der Waals surface area contributed by atoms with E-state index in [4.69, 9.17) is 9.47 Å². The lowest BCUT2D eigenvalue weighted by atomic mass is 10.2. The van der Waals surface area contributed by atoms with Gasteiger partial charge in [0.1, 0.15) is 18.5 Å². The van der Waals surface area contributed by atoms with Gasteiger partial charge in [0.05, 0.1) is 6.10 Å². The molecule has 1 saturated heterocycles. The Morgan fingerprint density at radius 3 is 2.80 bits per heavy atom. The molecule has 1 N–H and O–H groups in total. The van der Waals surface area contributed by atoms with Crippen molar-refractivity contribution < 1.29 is 14.6 Å². The summed E-state index contributed by atoms with van der Waals surface area (Å²) in [6.45, 7) is 5.58. The molecule has 4 nitrogen and oxygen atoms in total. The summed E-state index contributed by atoms with van der Waals surface area (Å²) in [6, 6.07) is 14.0. The van der Waals surface area contributed by atoms with Gasteiger partial charge >= 0.3 is 0 Å². The molecule has 1 fully saturated rings. The van der Waals surface area contributed by atoms with Gasteiger partial charge in [-0.05, 0) is 44.0 Å². The van der Waals surface area contributed by atoms with E-state index in [9.17, 15) is 5.11 Å². The highest BCUT2D eigenvalue weighted by Crippen LogP contribution is 2.20. The van der Waals surface area contributed by atoms with Crippen LogP contribution >= 0.6 is 11.3 Å². The van der Waals surface area contributed by atoms with Gasteiger partial charge in [0.15, 0.2) is 0 Å². The first-order chi connectivity index (χ1) is 12.2. The van der Waals surface area contributed by atoms with Gasteiger partial charge < -0.3 is 14.6 Å². The maximum Gasteiger partial charge on any atom is 0.119 e. The molecule has 1 aliphatic rings.